The molecule has 1 aliphatic carbocycles. The highest BCUT2D eigenvalue weighted by atomic mass is 32.2. The number of aromatic nitrogens is 3. The first kappa shape index (κ1) is 21.5. The minimum Gasteiger partial charge on any atom is -0.462 e. The molecule has 1 unspecified atom stereocenters. The lowest BCUT2D eigenvalue weighted by Gasteiger charge is -2.12. The molecule has 0 fully saturated rings. The van der Waals surface area contributed by atoms with Crippen LogP contribution in [0.25, 0.3) is 5.65 Å². The number of thioether (sulfide) groups is 1. The molecule has 3 aromatic heterocycles. The molecule has 4 rings (SSSR count). The van der Waals surface area contributed by atoms with Crippen molar-refractivity contribution in [3.63, 3.8) is 0 Å². The first-order valence-corrected chi connectivity index (χ1v) is 11.7. The van der Waals surface area contributed by atoms with Crippen LogP contribution in [-0.4, -0.2) is 38.1 Å². The van der Waals surface area contributed by atoms with Gasteiger partial charge in [-0.25, -0.2) is 14.6 Å². The van der Waals surface area contributed by atoms with Crippen LogP contribution < -0.4 is 11.0 Å². The maximum atomic E-state index is 12.9. The average Bonchev–Trinajstić information content (AvgIpc) is 3.29. The number of carbonyl (C=O) groups excluding carboxylic acids is 2. The summed E-state index contributed by atoms with van der Waals surface area (Å²) in [7, 11) is 0. The van der Waals surface area contributed by atoms with Gasteiger partial charge in [-0.15, -0.1) is 11.3 Å². The fourth-order valence-corrected chi connectivity index (χ4v) is 5.58. The number of aryl methyl sites for hydroxylation is 2. The van der Waals surface area contributed by atoms with Crippen molar-refractivity contribution in [2.24, 2.45) is 0 Å². The van der Waals surface area contributed by atoms with Crippen LogP contribution in [0.3, 0.4) is 0 Å². The highest BCUT2D eigenvalue weighted by Crippen LogP contribution is 2.39. The molecular weight excluding hydrogens is 436 g/mol. The number of hydrogen-bond donors (Lipinski definition) is 1. The van der Waals surface area contributed by atoms with Crippen LogP contribution >= 0.6 is 23.1 Å². The molecule has 1 aliphatic rings. The molecule has 162 valence electrons. The van der Waals surface area contributed by atoms with Crippen molar-refractivity contribution in [1.82, 2.24) is 14.4 Å². The molecule has 0 bridgehead atoms. The number of anilines is 1. The minimum atomic E-state index is -0.571. The second kappa shape index (κ2) is 8.80. The first-order chi connectivity index (χ1) is 14.9. The lowest BCUT2D eigenvalue weighted by atomic mass is 10.1. The molecule has 31 heavy (non-hydrogen) atoms. The third-order valence-electron chi connectivity index (χ3n) is 5.05. The van der Waals surface area contributed by atoms with Gasteiger partial charge >= 0.3 is 11.7 Å². The number of rotatable bonds is 6. The summed E-state index contributed by atoms with van der Waals surface area (Å²) in [6.07, 6.45) is 4.33. The maximum absolute atomic E-state index is 12.9. The van der Waals surface area contributed by atoms with Crippen LogP contribution in [-0.2, 0) is 22.4 Å². The fraction of sp³-hybridized carbons (Fsp3) is 0.381. The molecule has 0 aliphatic heterocycles. The van der Waals surface area contributed by atoms with E-state index in [4.69, 9.17) is 4.74 Å². The lowest BCUT2D eigenvalue weighted by molar-refractivity contribution is -0.115. The molecule has 0 saturated heterocycles. The minimum absolute atomic E-state index is 0.237. The number of ether oxygens (including phenoxy) is 1. The largest absolute Gasteiger partial charge is 0.462 e. The molecule has 8 nitrogen and oxygen atoms in total. The lowest BCUT2D eigenvalue weighted by Crippen LogP contribution is -2.25. The Hall–Kier alpha value is -2.72. The van der Waals surface area contributed by atoms with Crippen LogP contribution in [0.1, 0.15) is 46.6 Å². The van der Waals surface area contributed by atoms with Crippen LogP contribution in [0.15, 0.2) is 28.3 Å². The maximum Gasteiger partial charge on any atom is 0.355 e. The van der Waals surface area contributed by atoms with E-state index in [-0.39, 0.29) is 17.7 Å². The van der Waals surface area contributed by atoms with E-state index in [9.17, 15) is 14.4 Å². The number of nitrogens with one attached hydrogen (secondary N) is 1. The van der Waals surface area contributed by atoms with Crippen molar-refractivity contribution in [3.05, 3.63) is 50.4 Å². The molecule has 0 radical (unpaired) electrons. The quantitative estimate of drug-likeness (QED) is 0.447. The van der Waals surface area contributed by atoms with Crippen molar-refractivity contribution in [2.45, 2.75) is 50.4 Å². The number of amides is 1. The van der Waals surface area contributed by atoms with E-state index >= 15 is 0 Å². The van der Waals surface area contributed by atoms with Gasteiger partial charge in [0.2, 0.25) is 5.91 Å². The number of esters is 1. The molecule has 3 aromatic rings. The standard InChI is InChI=1S/C21H22N4O4S2/c1-4-29-19(27)15-13-8-5-9-14(13)31-18(15)23-17(26)12(3)30-20-22-16-11(2)7-6-10-25(16)21(28)24-20/h6-7,10,12H,4-5,8-9H2,1-3H3,(H,23,26). The molecule has 1 atom stereocenters. The summed E-state index contributed by atoms with van der Waals surface area (Å²) >= 11 is 2.54. The molecule has 10 heteroatoms. The summed E-state index contributed by atoms with van der Waals surface area (Å²) in [5, 5.41) is 3.07. The van der Waals surface area contributed by atoms with Crippen LogP contribution in [0, 0.1) is 6.92 Å². The smallest absolute Gasteiger partial charge is 0.355 e. The van der Waals surface area contributed by atoms with Crippen LogP contribution in [0.2, 0.25) is 0 Å². The topological polar surface area (TPSA) is 103 Å². The third kappa shape index (κ3) is 4.22. The van der Waals surface area contributed by atoms with Gasteiger partial charge in [0.25, 0.3) is 0 Å². The molecule has 0 saturated carbocycles. The predicted molar refractivity (Wildman–Crippen MR) is 120 cm³/mol. The van der Waals surface area contributed by atoms with E-state index in [0.29, 0.717) is 16.2 Å². The van der Waals surface area contributed by atoms with Gasteiger partial charge in [0, 0.05) is 11.1 Å². The zero-order valence-corrected chi connectivity index (χ0v) is 19.1. The number of pyridine rings is 1. The van der Waals surface area contributed by atoms with Gasteiger partial charge in [-0.05, 0) is 57.2 Å². The Morgan fingerprint density at radius 2 is 2.16 bits per heavy atom. The van der Waals surface area contributed by atoms with E-state index in [1.54, 1.807) is 26.1 Å². The number of thiophene rings is 1. The van der Waals surface area contributed by atoms with Crippen molar-refractivity contribution in [1.29, 1.82) is 0 Å². The Kier molecular flexibility index (Phi) is 6.10. The molecular formula is C21H22N4O4S2. The number of nitrogens with zero attached hydrogens (tertiary/aromatic N) is 3. The van der Waals surface area contributed by atoms with E-state index in [2.05, 4.69) is 15.3 Å². The number of hydrogen-bond acceptors (Lipinski definition) is 8. The summed E-state index contributed by atoms with van der Waals surface area (Å²) in [4.78, 5) is 47.2. The van der Waals surface area contributed by atoms with Crippen molar-refractivity contribution < 1.29 is 14.3 Å². The Labute approximate surface area is 187 Å². The van der Waals surface area contributed by atoms with Gasteiger partial charge < -0.3 is 10.1 Å². The SMILES string of the molecule is CCOC(=O)c1c(NC(=O)C(C)Sc2nc(=O)n3cccc(C)c3n2)sc2c1CCC2. The number of fused-ring (bicyclic) bond motifs is 2. The zero-order chi connectivity index (χ0) is 22.1. The van der Waals surface area contributed by atoms with E-state index in [1.807, 2.05) is 13.0 Å². The second-order valence-electron chi connectivity index (χ2n) is 7.20. The summed E-state index contributed by atoms with van der Waals surface area (Å²) in [5.41, 5.74) is 2.37. The van der Waals surface area contributed by atoms with Gasteiger partial charge in [-0.3, -0.25) is 9.20 Å². The van der Waals surface area contributed by atoms with Crippen molar-refractivity contribution in [3.8, 4) is 0 Å². The van der Waals surface area contributed by atoms with Gasteiger partial charge in [-0.1, -0.05) is 17.8 Å². The Bertz CT molecular complexity index is 1230. The fourth-order valence-electron chi connectivity index (χ4n) is 3.55. The van der Waals surface area contributed by atoms with Gasteiger partial charge in [0.05, 0.1) is 17.4 Å². The number of carbonyl (C=O) groups is 2. The van der Waals surface area contributed by atoms with E-state index in [0.717, 1.165) is 47.0 Å². The second-order valence-corrected chi connectivity index (χ2v) is 9.62. The van der Waals surface area contributed by atoms with E-state index in [1.165, 1.54) is 15.7 Å². The summed E-state index contributed by atoms with van der Waals surface area (Å²) in [6, 6.07) is 3.62. The third-order valence-corrected chi connectivity index (χ3v) is 7.22. The predicted octanol–water partition coefficient (Wildman–Crippen LogP) is 3.24. The Balaban J connectivity index is 1.55. The van der Waals surface area contributed by atoms with E-state index < -0.39 is 16.9 Å². The summed E-state index contributed by atoms with van der Waals surface area (Å²) in [5.74, 6) is -0.692. The molecule has 1 amide bonds. The zero-order valence-electron chi connectivity index (χ0n) is 17.4. The molecule has 0 spiro atoms. The van der Waals surface area contributed by atoms with Crippen LogP contribution in [0.5, 0.6) is 0 Å². The summed E-state index contributed by atoms with van der Waals surface area (Å²) < 4.78 is 6.59. The molecule has 3 heterocycles. The van der Waals surface area contributed by atoms with Crippen molar-refractivity contribution >= 4 is 45.6 Å². The first-order valence-electron chi connectivity index (χ1n) is 10.0. The monoisotopic (exact) mass is 458 g/mol. The highest BCUT2D eigenvalue weighted by Gasteiger charge is 2.29. The highest BCUT2D eigenvalue weighted by molar-refractivity contribution is 8.00. The molecule has 0 aromatic carbocycles. The Morgan fingerprint density at radius 3 is 2.94 bits per heavy atom. The molecule has 1 N–H and O–H groups in total. The van der Waals surface area contributed by atoms with Crippen molar-refractivity contribution in [2.75, 3.05) is 11.9 Å². The average molecular weight is 459 g/mol. The normalized spacial score (nSPS) is 13.8. The van der Waals surface area contributed by atoms with Gasteiger partial charge in [0.1, 0.15) is 10.6 Å². The summed E-state index contributed by atoms with van der Waals surface area (Å²) in [6.45, 7) is 5.61. The van der Waals surface area contributed by atoms with Crippen LogP contribution in [0.4, 0.5) is 5.00 Å². The van der Waals surface area contributed by atoms with Gasteiger partial charge in [-0.2, -0.15) is 4.98 Å². The van der Waals surface area contributed by atoms with Gasteiger partial charge in [0.15, 0.2) is 5.16 Å². The Morgan fingerprint density at radius 1 is 1.35 bits per heavy atom.